The third-order valence-corrected chi connectivity index (χ3v) is 5.31. The van der Waals surface area contributed by atoms with Crippen molar-refractivity contribution in [3.8, 4) is 0 Å². The van der Waals surface area contributed by atoms with Gasteiger partial charge in [0.05, 0.1) is 18.1 Å². The van der Waals surface area contributed by atoms with Gasteiger partial charge in [0.25, 0.3) is 0 Å². The number of carbonyl (C=O) groups is 4. The molecule has 0 fully saturated rings. The van der Waals surface area contributed by atoms with Crippen LogP contribution in [0.2, 0.25) is 0 Å². The number of nitrogens with one attached hydrogen (secondary N) is 4. The first kappa shape index (κ1) is 27.5. The lowest BCUT2D eigenvalue weighted by molar-refractivity contribution is -0.142. The predicted octanol–water partition coefficient (Wildman–Crippen LogP) is 0.127. The lowest BCUT2D eigenvalue weighted by atomic mass is 10.0. The van der Waals surface area contributed by atoms with Crippen molar-refractivity contribution in [2.24, 2.45) is 11.7 Å². The Kier molecular flexibility index (Phi) is 10.4. The molecule has 1 heterocycles. The quantitative estimate of drug-likeness (QED) is 0.233. The first-order valence-corrected chi connectivity index (χ1v) is 11.5. The Labute approximate surface area is 204 Å². The fraction of sp³-hybridized carbons (Fsp3) is 0.458. The van der Waals surface area contributed by atoms with Crippen molar-refractivity contribution in [2.75, 3.05) is 0 Å². The van der Waals surface area contributed by atoms with Crippen LogP contribution >= 0.6 is 0 Å². The third-order valence-electron chi connectivity index (χ3n) is 5.31. The molecule has 0 aliphatic heterocycles. The van der Waals surface area contributed by atoms with Crippen molar-refractivity contribution >= 4 is 23.7 Å². The molecule has 0 radical (unpaired) electrons. The lowest BCUT2D eigenvalue weighted by Gasteiger charge is -2.24. The van der Waals surface area contributed by atoms with Gasteiger partial charge in [-0.15, -0.1) is 0 Å². The van der Waals surface area contributed by atoms with Crippen molar-refractivity contribution in [1.29, 1.82) is 0 Å². The zero-order chi connectivity index (χ0) is 26.0. The minimum Gasteiger partial charge on any atom is -0.480 e. The number of amides is 3. The SMILES string of the molecule is CC(C)C[C@H](NC(=O)[C@H](Cc1ccccc1)NC(=O)[C@H](C)NC(=O)[C@@H](N)Cc1c[nH]cn1)C(=O)O. The Hall–Kier alpha value is -3.73. The number of carboxylic acid groups (broad SMARTS) is 1. The summed E-state index contributed by atoms with van der Waals surface area (Å²) in [6.45, 7) is 5.18. The number of carboxylic acids is 1. The van der Waals surface area contributed by atoms with Crippen LogP contribution in [0.4, 0.5) is 0 Å². The van der Waals surface area contributed by atoms with E-state index in [1.807, 2.05) is 19.9 Å². The molecule has 0 unspecified atom stereocenters. The van der Waals surface area contributed by atoms with Crippen LogP contribution in [-0.2, 0) is 32.0 Å². The first-order chi connectivity index (χ1) is 16.6. The van der Waals surface area contributed by atoms with E-state index < -0.39 is 47.9 Å². The topological polar surface area (TPSA) is 179 Å². The molecule has 11 heteroatoms. The van der Waals surface area contributed by atoms with Gasteiger partial charge < -0.3 is 31.8 Å². The van der Waals surface area contributed by atoms with E-state index in [2.05, 4.69) is 25.9 Å². The van der Waals surface area contributed by atoms with Crippen LogP contribution in [0, 0.1) is 5.92 Å². The second kappa shape index (κ2) is 13.2. The molecule has 0 aliphatic rings. The van der Waals surface area contributed by atoms with Crippen LogP contribution in [0.1, 0.15) is 38.4 Å². The summed E-state index contributed by atoms with van der Waals surface area (Å²) >= 11 is 0. The fourth-order valence-corrected chi connectivity index (χ4v) is 3.43. The van der Waals surface area contributed by atoms with Crippen molar-refractivity contribution in [2.45, 2.75) is 64.2 Å². The molecule has 0 aliphatic carbocycles. The molecule has 7 N–H and O–H groups in total. The summed E-state index contributed by atoms with van der Waals surface area (Å²) in [5.41, 5.74) is 7.30. The van der Waals surface area contributed by atoms with Crippen molar-refractivity contribution < 1.29 is 24.3 Å². The molecule has 0 saturated carbocycles. The van der Waals surface area contributed by atoms with Crippen LogP contribution in [-0.4, -0.2) is 62.9 Å². The van der Waals surface area contributed by atoms with E-state index in [1.165, 1.54) is 13.3 Å². The van der Waals surface area contributed by atoms with Gasteiger partial charge in [-0.3, -0.25) is 14.4 Å². The molecule has 0 saturated heterocycles. The Morgan fingerprint density at radius 2 is 1.60 bits per heavy atom. The van der Waals surface area contributed by atoms with Gasteiger partial charge in [-0.2, -0.15) is 0 Å². The molecular formula is C24H34N6O5. The molecule has 4 atom stereocenters. The number of aliphatic carboxylic acids is 1. The summed E-state index contributed by atoms with van der Waals surface area (Å²) in [6.07, 6.45) is 3.68. The highest BCUT2D eigenvalue weighted by atomic mass is 16.4. The summed E-state index contributed by atoms with van der Waals surface area (Å²) in [7, 11) is 0. The molecule has 3 amide bonds. The molecule has 2 rings (SSSR count). The predicted molar refractivity (Wildman–Crippen MR) is 129 cm³/mol. The number of rotatable bonds is 13. The standard InChI is InChI=1S/C24H34N6O5/c1-14(2)9-20(24(34)35)30-23(33)19(10-16-7-5-4-6-8-16)29-21(31)15(3)28-22(32)18(25)11-17-12-26-13-27-17/h4-8,12-15,18-20H,9-11,25H2,1-3H3,(H,26,27)(H,28,32)(H,29,31)(H,30,33)(H,34,35)/t15-,18-,19-,20-/m0/s1. The van der Waals surface area contributed by atoms with E-state index in [1.54, 1.807) is 30.5 Å². The van der Waals surface area contributed by atoms with E-state index in [0.29, 0.717) is 5.69 Å². The molecule has 2 aromatic rings. The van der Waals surface area contributed by atoms with Gasteiger partial charge in [0.15, 0.2) is 0 Å². The zero-order valence-electron chi connectivity index (χ0n) is 20.2. The molecule has 190 valence electrons. The largest absolute Gasteiger partial charge is 0.480 e. The average Bonchev–Trinajstić information content (AvgIpc) is 3.31. The number of H-pyrrole nitrogens is 1. The maximum Gasteiger partial charge on any atom is 0.326 e. The number of aromatic nitrogens is 2. The molecule has 1 aromatic heterocycles. The highest BCUT2D eigenvalue weighted by Gasteiger charge is 2.29. The maximum atomic E-state index is 13.0. The monoisotopic (exact) mass is 486 g/mol. The minimum atomic E-state index is -1.15. The number of imidazole rings is 1. The van der Waals surface area contributed by atoms with Crippen LogP contribution in [0.3, 0.4) is 0 Å². The second-order valence-electron chi connectivity index (χ2n) is 8.88. The molecular weight excluding hydrogens is 452 g/mol. The zero-order valence-corrected chi connectivity index (χ0v) is 20.2. The third kappa shape index (κ3) is 9.20. The minimum absolute atomic E-state index is 0.0412. The number of hydrogen-bond donors (Lipinski definition) is 6. The van der Waals surface area contributed by atoms with Crippen molar-refractivity contribution in [1.82, 2.24) is 25.9 Å². The number of carbonyl (C=O) groups excluding carboxylic acids is 3. The van der Waals surface area contributed by atoms with Crippen LogP contribution in [0.25, 0.3) is 0 Å². The van der Waals surface area contributed by atoms with E-state index in [4.69, 9.17) is 5.73 Å². The van der Waals surface area contributed by atoms with Gasteiger partial charge in [-0.25, -0.2) is 9.78 Å². The Balaban J connectivity index is 2.06. The lowest BCUT2D eigenvalue weighted by Crippen LogP contribution is -2.57. The molecule has 0 spiro atoms. The smallest absolute Gasteiger partial charge is 0.326 e. The first-order valence-electron chi connectivity index (χ1n) is 11.5. The number of nitrogens with two attached hydrogens (primary N) is 1. The van der Waals surface area contributed by atoms with E-state index in [9.17, 15) is 24.3 Å². The Morgan fingerprint density at radius 1 is 0.943 bits per heavy atom. The maximum absolute atomic E-state index is 13.0. The van der Waals surface area contributed by atoms with E-state index in [-0.39, 0.29) is 25.2 Å². The second-order valence-corrected chi connectivity index (χ2v) is 8.88. The summed E-state index contributed by atoms with van der Waals surface area (Å²) in [4.78, 5) is 56.7. The van der Waals surface area contributed by atoms with Gasteiger partial charge in [-0.05, 0) is 24.8 Å². The van der Waals surface area contributed by atoms with Gasteiger partial charge in [-0.1, -0.05) is 44.2 Å². The van der Waals surface area contributed by atoms with Gasteiger partial charge in [0.2, 0.25) is 17.7 Å². The summed E-state index contributed by atoms with van der Waals surface area (Å²) in [6, 6.07) is 5.00. The van der Waals surface area contributed by atoms with Crippen molar-refractivity contribution in [3.63, 3.8) is 0 Å². The Bertz CT molecular complexity index is 980. The fourth-order valence-electron chi connectivity index (χ4n) is 3.43. The van der Waals surface area contributed by atoms with Gasteiger partial charge in [0, 0.05) is 19.0 Å². The summed E-state index contributed by atoms with van der Waals surface area (Å²) in [5.74, 6) is -2.87. The van der Waals surface area contributed by atoms with E-state index in [0.717, 1.165) is 5.56 Å². The molecule has 1 aromatic carbocycles. The number of aromatic amines is 1. The van der Waals surface area contributed by atoms with Crippen molar-refractivity contribution in [3.05, 3.63) is 54.1 Å². The van der Waals surface area contributed by atoms with E-state index >= 15 is 0 Å². The van der Waals surface area contributed by atoms with Crippen LogP contribution in [0.15, 0.2) is 42.9 Å². The highest BCUT2D eigenvalue weighted by Crippen LogP contribution is 2.08. The van der Waals surface area contributed by atoms with Gasteiger partial charge >= 0.3 is 5.97 Å². The normalized spacial score (nSPS) is 14.4. The molecule has 35 heavy (non-hydrogen) atoms. The number of hydrogen-bond acceptors (Lipinski definition) is 6. The number of benzene rings is 1. The number of nitrogens with zero attached hydrogens (tertiary/aromatic N) is 1. The Morgan fingerprint density at radius 3 is 2.17 bits per heavy atom. The highest BCUT2D eigenvalue weighted by molar-refractivity contribution is 5.94. The van der Waals surface area contributed by atoms with Crippen LogP contribution < -0.4 is 21.7 Å². The summed E-state index contributed by atoms with van der Waals surface area (Å²) in [5, 5.41) is 17.2. The molecule has 0 bridgehead atoms. The summed E-state index contributed by atoms with van der Waals surface area (Å²) < 4.78 is 0. The van der Waals surface area contributed by atoms with Crippen LogP contribution in [0.5, 0.6) is 0 Å². The average molecular weight is 487 g/mol. The molecule has 11 nitrogen and oxygen atoms in total. The van der Waals surface area contributed by atoms with Gasteiger partial charge in [0.1, 0.15) is 18.1 Å².